The topological polar surface area (TPSA) is 72.3 Å². The van der Waals surface area contributed by atoms with Gasteiger partial charge in [-0.3, -0.25) is 0 Å². The van der Waals surface area contributed by atoms with Crippen LogP contribution in [-0.4, -0.2) is 42.1 Å². The van der Waals surface area contributed by atoms with Crippen molar-refractivity contribution < 1.29 is 4.79 Å². The Morgan fingerprint density at radius 3 is 2.44 bits per heavy atom. The van der Waals surface area contributed by atoms with Gasteiger partial charge >= 0.3 is 6.03 Å². The summed E-state index contributed by atoms with van der Waals surface area (Å²) < 4.78 is 0. The molecule has 2 heterocycles. The van der Waals surface area contributed by atoms with E-state index < -0.39 is 0 Å². The number of aryl methyl sites for hydroxylation is 1. The van der Waals surface area contributed by atoms with Gasteiger partial charge in [0.25, 0.3) is 0 Å². The number of hydrogen-bond donors (Lipinski definition) is 1. The molecule has 1 aromatic heterocycles. The second kappa shape index (κ2) is 9.24. The number of amides is 2. The number of para-hydroxylation sites is 2. The summed E-state index contributed by atoms with van der Waals surface area (Å²) in [6.07, 6.45) is 0. The summed E-state index contributed by atoms with van der Waals surface area (Å²) in [7, 11) is 0. The number of aromatic nitrogens is 1. The highest BCUT2D eigenvalue weighted by atomic mass is 16.2. The molecule has 1 fully saturated rings. The fraction of sp³-hybridized carbons (Fsp3) is 0.179. The van der Waals surface area contributed by atoms with E-state index in [1.54, 1.807) is 23.1 Å². The molecule has 0 aliphatic carbocycles. The molecule has 0 saturated carbocycles. The van der Waals surface area contributed by atoms with E-state index in [1.807, 2.05) is 6.07 Å². The molecule has 0 atom stereocenters. The first-order valence-corrected chi connectivity index (χ1v) is 11.4. The van der Waals surface area contributed by atoms with Crippen molar-refractivity contribution in [1.29, 1.82) is 5.26 Å². The lowest BCUT2D eigenvalue weighted by Crippen LogP contribution is -2.50. The molecule has 6 nitrogen and oxygen atoms in total. The van der Waals surface area contributed by atoms with Crippen molar-refractivity contribution in [1.82, 2.24) is 9.88 Å². The largest absolute Gasteiger partial charge is 0.353 e. The summed E-state index contributed by atoms with van der Waals surface area (Å²) in [6.45, 7) is 4.64. The van der Waals surface area contributed by atoms with Gasteiger partial charge in [-0.2, -0.15) is 5.26 Å². The first-order chi connectivity index (χ1) is 16.6. The molecule has 2 amide bonds. The van der Waals surface area contributed by atoms with E-state index in [0.29, 0.717) is 37.4 Å². The fourth-order valence-electron chi connectivity index (χ4n) is 4.30. The number of nitriles is 1. The molecule has 5 rings (SSSR count). The summed E-state index contributed by atoms with van der Waals surface area (Å²) in [5.41, 5.74) is 5.48. The number of fused-ring (bicyclic) bond motifs is 1. The highest BCUT2D eigenvalue weighted by Crippen LogP contribution is 2.29. The van der Waals surface area contributed by atoms with Crippen LogP contribution < -0.4 is 10.2 Å². The molecule has 0 spiro atoms. The monoisotopic (exact) mass is 447 g/mol. The fourth-order valence-corrected chi connectivity index (χ4v) is 4.30. The first kappa shape index (κ1) is 21.5. The van der Waals surface area contributed by atoms with Crippen molar-refractivity contribution >= 4 is 28.4 Å². The number of carbonyl (C=O) groups excluding carboxylic acids is 1. The summed E-state index contributed by atoms with van der Waals surface area (Å²) in [4.78, 5) is 21.8. The van der Waals surface area contributed by atoms with Crippen LogP contribution in [0.3, 0.4) is 0 Å². The zero-order chi connectivity index (χ0) is 23.5. The molecule has 3 aromatic carbocycles. The maximum Gasteiger partial charge on any atom is 0.322 e. The second-order valence-corrected chi connectivity index (χ2v) is 8.47. The highest BCUT2D eigenvalue weighted by Gasteiger charge is 2.23. The third-order valence-electron chi connectivity index (χ3n) is 6.25. The number of benzene rings is 3. The van der Waals surface area contributed by atoms with Gasteiger partial charge in [-0.15, -0.1) is 0 Å². The van der Waals surface area contributed by atoms with Crippen LogP contribution in [0.1, 0.15) is 11.1 Å². The molecule has 0 bridgehead atoms. The Morgan fingerprint density at radius 1 is 0.912 bits per heavy atom. The normalized spacial score (nSPS) is 13.5. The average Bonchev–Trinajstić information content (AvgIpc) is 2.89. The summed E-state index contributed by atoms with van der Waals surface area (Å²) in [5.74, 6) is 0.918. The minimum Gasteiger partial charge on any atom is -0.353 e. The van der Waals surface area contributed by atoms with Gasteiger partial charge in [-0.05, 0) is 36.8 Å². The first-order valence-electron chi connectivity index (χ1n) is 11.4. The number of urea groups is 1. The van der Waals surface area contributed by atoms with Crippen molar-refractivity contribution in [2.24, 2.45) is 0 Å². The third-order valence-corrected chi connectivity index (χ3v) is 6.25. The van der Waals surface area contributed by atoms with Crippen LogP contribution in [-0.2, 0) is 0 Å². The second-order valence-electron chi connectivity index (χ2n) is 8.47. The number of anilines is 2. The van der Waals surface area contributed by atoms with Crippen molar-refractivity contribution in [3.63, 3.8) is 0 Å². The van der Waals surface area contributed by atoms with Gasteiger partial charge in [0.05, 0.1) is 16.8 Å². The molecular formula is C28H25N5O. The third kappa shape index (κ3) is 4.28. The lowest BCUT2D eigenvalue weighted by molar-refractivity contribution is 0.208. The summed E-state index contributed by atoms with van der Waals surface area (Å²) in [5, 5.41) is 13.2. The van der Waals surface area contributed by atoms with Gasteiger partial charge < -0.3 is 15.1 Å². The maximum atomic E-state index is 12.8. The zero-order valence-corrected chi connectivity index (χ0v) is 19.0. The number of rotatable bonds is 3. The molecule has 1 N–H and O–H groups in total. The molecule has 34 heavy (non-hydrogen) atoms. The van der Waals surface area contributed by atoms with Gasteiger partial charge in [0, 0.05) is 37.1 Å². The maximum absolute atomic E-state index is 12.8. The Labute approximate surface area is 199 Å². The lowest BCUT2D eigenvalue weighted by atomic mass is 10.0. The summed E-state index contributed by atoms with van der Waals surface area (Å²) >= 11 is 0. The van der Waals surface area contributed by atoms with Crippen LogP contribution in [0.5, 0.6) is 0 Å². The standard InChI is InChI=1S/C28H25N5O/c1-20-9-11-21(12-10-20)24-7-4-6-22-13-14-26(31-27(22)24)32-15-17-33(18-16-32)28(34)30-25-8-3-2-5-23(25)19-29/h2-14H,15-18H2,1H3,(H,30,34). The number of nitrogens with zero attached hydrogens (tertiary/aromatic N) is 4. The molecule has 168 valence electrons. The van der Waals surface area contributed by atoms with E-state index in [2.05, 4.69) is 77.8 Å². The number of piperazine rings is 1. The van der Waals surface area contributed by atoms with E-state index >= 15 is 0 Å². The Hall–Kier alpha value is -4.37. The number of carbonyl (C=O) groups is 1. The Bertz CT molecular complexity index is 1380. The van der Waals surface area contributed by atoms with Gasteiger partial charge in [0.15, 0.2) is 0 Å². The van der Waals surface area contributed by atoms with E-state index in [1.165, 1.54) is 5.56 Å². The van der Waals surface area contributed by atoms with E-state index in [4.69, 9.17) is 4.98 Å². The van der Waals surface area contributed by atoms with Crippen LogP contribution in [0.15, 0.2) is 78.9 Å². The molecule has 6 heteroatoms. The van der Waals surface area contributed by atoms with Crippen LogP contribution in [0.4, 0.5) is 16.3 Å². The molecule has 1 aliphatic rings. The van der Waals surface area contributed by atoms with Crippen LogP contribution in [0.25, 0.3) is 22.0 Å². The molecule has 0 radical (unpaired) electrons. The molecule has 0 unspecified atom stereocenters. The number of hydrogen-bond acceptors (Lipinski definition) is 4. The lowest BCUT2D eigenvalue weighted by Gasteiger charge is -2.35. The van der Waals surface area contributed by atoms with E-state index in [0.717, 1.165) is 27.8 Å². The highest BCUT2D eigenvalue weighted by molar-refractivity contribution is 5.94. The van der Waals surface area contributed by atoms with Gasteiger partial charge in [-0.1, -0.05) is 60.2 Å². The van der Waals surface area contributed by atoms with Gasteiger partial charge in [-0.25, -0.2) is 9.78 Å². The van der Waals surface area contributed by atoms with Gasteiger partial charge in [0.2, 0.25) is 0 Å². The SMILES string of the molecule is Cc1ccc(-c2cccc3ccc(N4CCN(C(=O)Nc5ccccc5C#N)CC4)nc23)cc1. The predicted octanol–water partition coefficient (Wildman–Crippen LogP) is 5.44. The van der Waals surface area contributed by atoms with Crippen molar-refractivity contribution in [2.45, 2.75) is 6.92 Å². The summed E-state index contributed by atoms with van der Waals surface area (Å²) in [6, 6.07) is 27.9. The van der Waals surface area contributed by atoms with Crippen LogP contribution in [0, 0.1) is 18.3 Å². The molecular weight excluding hydrogens is 422 g/mol. The van der Waals surface area contributed by atoms with Crippen molar-refractivity contribution in [2.75, 3.05) is 36.4 Å². The quantitative estimate of drug-likeness (QED) is 0.454. The molecule has 4 aromatic rings. The van der Waals surface area contributed by atoms with Crippen LogP contribution in [0.2, 0.25) is 0 Å². The Kier molecular flexibility index (Phi) is 5.84. The Morgan fingerprint density at radius 2 is 1.68 bits per heavy atom. The Balaban J connectivity index is 1.32. The van der Waals surface area contributed by atoms with E-state index in [9.17, 15) is 10.1 Å². The minimum atomic E-state index is -0.185. The van der Waals surface area contributed by atoms with Gasteiger partial charge in [0.1, 0.15) is 11.9 Å². The number of nitrogens with one attached hydrogen (secondary N) is 1. The average molecular weight is 448 g/mol. The predicted molar refractivity (Wildman–Crippen MR) is 136 cm³/mol. The minimum absolute atomic E-state index is 0.185. The zero-order valence-electron chi connectivity index (χ0n) is 19.0. The van der Waals surface area contributed by atoms with Crippen molar-refractivity contribution in [3.05, 3.63) is 90.0 Å². The van der Waals surface area contributed by atoms with E-state index in [-0.39, 0.29) is 6.03 Å². The molecule has 1 aliphatic heterocycles. The number of pyridine rings is 1. The smallest absolute Gasteiger partial charge is 0.322 e. The van der Waals surface area contributed by atoms with Crippen molar-refractivity contribution in [3.8, 4) is 17.2 Å². The molecule has 1 saturated heterocycles. The van der Waals surface area contributed by atoms with Crippen LogP contribution >= 0.6 is 0 Å².